The summed E-state index contributed by atoms with van der Waals surface area (Å²) in [6.07, 6.45) is 0. The van der Waals surface area contributed by atoms with Gasteiger partial charge in [0.1, 0.15) is 5.58 Å². The molecule has 0 unspecified atom stereocenters. The number of rotatable bonds is 2. The average Bonchev–Trinajstić information content (AvgIpc) is 3.75. The van der Waals surface area contributed by atoms with E-state index in [2.05, 4.69) is 63.7 Å². The van der Waals surface area contributed by atoms with Gasteiger partial charge in [0.15, 0.2) is 5.58 Å². The second-order valence-electron chi connectivity index (χ2n) is 11.2. The number of nitriles is 3. The third-order valence-corrected chi connectivity index (χ3v) is 8.77. The third-order valence-electron chi connectivity index (χ3n) is 8.77. The summed E-state index contributed by atoms with van der Waals surface area (Å²) in [7, 11) is 0. The van der Waals surface area contributed by atoms with Crippen molar-refractivity contribution < 1.29 is 4.42 Å². The van der Waals surface area contributed by atoms with E-state index in [9.17, 15) is 15.8 Å². The van der Waals surface area contributed by atoms with Crippen molar-refractivity contribution in [1.82, 2.24) is 9.13 Å². The Morgan fingerprint density at radius 2 is 0.978 bits per heavy atom. The molecule has 3 aromatic heterocycles. The van der Waals surface area contributed by atoms with Gasteiger partial charge in [0.2, 0.25) is 0 Å². The first-order valence-electron chi connectivity index (χ1n) is 14.4. The lowest BCUT2D eigenvalue weighted by molar-refractivity contribution is 0.671. The molecule has 3 heterocycles. The summed E-state index contributed by atoms with van der Waals surface area (Å²) in [5.41, 5.74) is 8.99. The summed E-state index contributed by atoms with van der Waals surface area (Å²) >= 11 is 0. The summed E-state index contributed by atoms with van der Waals surface area (Å²) in [6.45, 7) is 0. The first kappa shape index (κ1) is 24.8. The first-order chi connectivity index (χ1) is 22.2. The van der Waals surface area contributed by atoms with Gasteiger partial charge in [-0.25, -0.2) is 0 Å². The Morgan fingerprint density at radius 3 is 1.60 bits per heavy atom. The number of hydrogen-bond acceptors (Lipinski definition) is 4. The number of nitrogens with zero attached hydrogens (tertiary/aromatic N) is 5. The van der Waals surface area contributed by atoms with Gasteiger partial charge in [0, 0.05) is 43.7 Å². The van der Waals surface area contributed by atoms with E-state index in [1.165, 1.54) is 0 Å². The van der Waals surface area contributed by atoms with E-state index in [0.717, 1.165) is 76.9 Å². The molecule has 0 aliphatic heterocycles. The second-order valence-corrected chi connectivity index (χ2v) is 11.2. The number of para-hydroxylation sites is 1. The summed E-state index contributed by atoms with van der Waals surface area (Å²) in [5, 5.41) is 34.9. The van der Waals surface area contributed by atoms with Gasteiger partial charge < -0.3 is 13.6 Å². The van der Waals surface area contributed by atoms with Crippen LogP contribution in [0.5, 0.6) is 0 Å². The van der Waals surface area contributed by atoms with E-state index in [1.807, 2.05) is 78.9 Å². The maximum atomic E-state index is 9.73. The molecular weight excluding hydrogens is 554 g/mol. The van der Waals surface area contributed by atoms with Crippen LogP contribution in [0.2, 0.25) is 0 Å². The lowest BCUT2D eigenvalue weighted by Gasteiger charge is -2.13. The smallest absolute Gasteiger partial charge is 0.160 e. The second kappa shape index (κ2) is 9.09. The SMILES string of the molecule is N#Cc1ccc2c(c1)c1cc(C#N)ccc1n2-c1cccc(-n2c3ccc(C#N)cc3c3ccc4c5ccccc5oc4c32)c1. The minimum atomic E-state index is 0.564. The molecule has 45 heavy (non-hydrogen) atoms. The summed E-state index contributed by atoms with van der Waals surface area (Å²) in [5.74, 6) is 0. The number of benzene rings is 6. The van der Waals surface area contributed by atoms with Gasteiger partial charge >= 0.3 is 0 Å². The van der Waals surface area contributed by atoms with Crippen molar-refractivity contribution in [2.75, 3.05) is 0 Å². The maximum Gasteiger partial charge on any atom is 0.160 e. The molecule has 0 saturated carbocycles. The topological polar surface area (TPSA) is 94.4 Å². The largest absolute Gasteiger partial charge is 0.454 e. The molecule has 0 bridgehead atoms. The molecule has 0 saturated heterocycles. The summed E-state index contributed by atoms with van der Waals surface area (Å²) < 4.78 is 10.9. The fraction of sp³-hybridized carbons (Fsp3) is 0. The van der Waals surface area contributed by atoms with Gasteiger partial charge in [0.05, 0.1) is 57.0 Å². The molecule has 6 nitrogen and oxygen atoms in total. The van der Waals surface area contributed by atoms with Crippen LogP contribution in [-0.4, -0.2) is 9.13 Å². The van der Waals surface area contributed by atoms with Crippen molar-refractivity contribution in [2.24, 2.45) is 0 Å². The van der Waals surface area contributed by atoms with E-state index in [4.69, 9.17) is 4.42 Å². The molecule has 0 amide bonds. The van der Waals surface area contributed by atoms with Crippen molar-refractivity contribution in [3.63, 3.8) is 0 Å². The molecule has 0 aliphatic carbocycles. The number of fused-ring (bicyclic) bond motifs is 10. The van der Waals surface area contributed by atoms with Crippen molar-refractivity contribution in [2.45, 2.75) is 0 Å². The van der Waals surface area contributed by atoms with Gasteiger partial charge in [-0.1, -0.05) is 30.3 Å². The number of hydrogen-bond donors (Lipinski definition) is 0. The maximum absolute atomic E-state index is 9.73. The molecule has 0 fully saturated rings. The van der Waals surface area contributed by atoms with Crippen molar-refractivity contribution in [3.8, 4) is 29.6 Å². The normalized spacial score (nSPS) is 11.5. The highest BCUT2D eigenvalue weighted by molar-refractivity contribution is 6.21. The Hall–Kier alpha value is -6.81. The molecule has 206 valence electrons. The highest BCUT2D eigenvalue weighted by atomic mass is 16.3. The molecule has 0 N–H and O–H groups in total. The summed E-state index contributed by atoms with van der Waals surface area (Å²) in [6, 6.07) is 44.6. The molecule has 0 atom stereocenters. The van der Waals surface area contributed by atoms with E-state index in [1.54, 1.807) is 0 Å². The van der Waals surface area contributed by atoms with Crippen molar-refractivity contribution >= 4 is 65.6 Å². The first-order valence-corrected chi connectivity index (χ1v) is 14.4. The average molecular weight is 574 g/mol. The van der Waals surface area contributed by atoms with Crippen LogP contribution in [0.25, 0.3) is 76.9 Å². The molecule has 6 aromatic carbocycles. The van der Waals surface area contributed by atoms with Crippen molar-refractivity contribution in [3.05, 3.63) is 132 Å². The fourth-order valence-corrected chi connectivity index (χ4v) is 6.83. The van der Waals surface area contributed by atoms with Crippen LogP contribution >= 0.6 is 0 Å². The Labute approximate surface area is 256 Å². The number of furan rings is 1. The lowest BCUT2D eigenvalue weighted by atomic mass is 10.1. The van der Waals surface area contributed by atoms with Crippen LogP contribution in [-0.2, 0) is 0 Å². The zero-order valence-corrected chi connectivity index (χ0v) is 23.6. The van der Waals surface area contributed by atoms with Crippen molar-refractivity contribution in [1.29, 1.82) is 15.8 Å². The molecule has 9 rings (SSSR count). The molecule has 0 aliphatic rings. The van der Waals surface area contributed by atoms with E-state index in [-0.39, 0.29) is 0 Å². The van der Waals surface area contributed by atoms with E-state index < -0.39 is 0 Å². The summed E-state index contributed by atoms with van der Waals surface area (Å²) in [4.78, 5) is 0. The molecule has 6 heteroatoms. The monoisotopic (exact) mass is 573 g/mol. The standard InChI is InChI=1S/C39H19N5O/c40-20-23-10-15-36-31(16-23)29-11-12-30-28-6-1-2-7-37(28)45-39(30)38(29)44(36)27-5-3-4-26(19-27)43-34-13-8-24(21-41)17-32(34)33-18-25(22-42)9-14-35(33)43/h1-19H. The highest BCUT2D eigenvalue weighted by Crippen LogP contribution is 2.41. The van der Waals surface area contributed by atoms with E-state index in [0.29, 0.717) is 16.7 Å². The Bertz CT molecular complexity index is 2790. The Kier molecular flexibility index (Phi) is 5.00. The zero-order valence-electron chi connectivity index (χ0n) is 23.6. The molecular formula is C39H19N5O. The minimum absolute atomic E-state index is 0.564. The van der Waals surface area contributed by atoms with E-state index >= 15 is 0 Å². The van der Waals surface area contributed by atoms with Crippen LogP contribution in [0, 0.1) is 34.0 Å². The minimum Gasteiger partial charge on any atom is -0.454 e. The van der Waals surface area contributed by atoms with Crippen LogP contribution < -0.4 is 0 Å². The van der Waals surface area contributed by atoms with Crippen LogP contribution in [0.1, 0.15) is 16.7 Å². The van der Waals surface area contributed by atoms with Gasteiger partial charge in [-0.3, -0.25) is 0 Å². The highest BCUT2D eigenvalue weighted by Gasteiger charge is 2.20. The molecule has 0 radical (unpaired) electrons. The molecule has 0 spiro atoms. The third kappa shape index (κ3) is 3.41. The van der Waals surface area contributed by atoms with Gasteiger partial charge in [0.25, 0.3) is 0 Å². The van der Waals surface area contributed by atoms with Gasteiger partial charge in [-0.15, -0.1) is 0 Å². The van der Waals surface area contributed by atoms with Crippen LogP contribution in [0.4, 0.5) is 0 Å². The lowest BCUT2D eigenvalue weighted by Crippen LogP contribution is -1.99. The van der Waals surface area contributed by atoms with Crippen LogP contribution in [0.3, 0.4) is 0 Å². The fourth-order valence-electron chi connectivity index (χ4n) is 6.83. The Morgan fingerprint density at radius 1 is 0.444 bits per heavy atom. The van der Waals surface area contributed by atoms with Gasteiger partial charge in [-0.05, 0) is 84.9 Å². The Balaban J connectivity index is 1.38. The quantitative estimate of drug-likeness (QED) is 0.206. The predicted molar refractivity (Wildman–Crippen MR) is 177 cm³/mol. The zero-order chi connectivity index (χ0) is 30.2. The molecule has 9 aromatic rings. The predicted octanol–water partition coefficient (Wildman–Crippen LogP) is 9.40. The van der Waals surface area contributed by atoms with Crippen LogP contribution in [0.15, 0.2) is 120 Å². The number of aromatic nitrogens is 2. The van der Waals surface area contributed by atoms with Gasteiger partial charge in [-0.2, -0.15) is 15.8 Å².